The molecular formula is C13H24N4O2. The fourth-order valence-electron chi connectivity index (χ4n) is 2.69. The molecule has 2 heterocycles. The van der Waals surface area contributed by atoms with Crippen LogP contribution in [0.15, 0.2) is 0 Å². The lowest BCUT2D eigenvalue weighted by Crippen LogP contribution is -2.55. The van der Waals surface area contributed by atoms with Crippen molar-refractivity contribution in [2.45, 2.75) is 25.3 Å². The first-order chi connectivity index (χ1) is 9.20. The summed E-state index contributed by atoms with van der Waals surface area (Å²) in [4.78, 5) is 27.6. The van der Waals surface area contributed by atoms with Crippen LogP contribution in [0.25, 0.3) is 0 Å². The van der Waals surface area contributed by atoms with E-state index in [4.69, 9.17) is 0 Å². The molecule has 0 aromatic heterocycles. The molecule has 2 aliphatic rings. The van der Waals surface area contributed by atoms with E-state index in [1.54, 1.807) is 7.05 Å². The Morgan fingerprint density at radius 1 is 1.21 bits per heavy atom. The summed E-state index contributed by atoms with van der Waals surface area (Å²) < 4.78 is 0. The van der Waals surface area contributed by atoms with Gasteiger partial charge in [0, 0.05) is 33.2 Å². The molecule has 0 aromatic rings. The number of carbonyl (C=O) groups excluding carboxylic acids is 2. The third-order valence-electron chi connectivity index (χ3n) is 3.94. The van der Waals surface area contributed by atoms with Crippen molar-refractivity contribution in [3.8, 4) is 0 Å². The largest absolute Gasteiger partial charge is 0.358 e. The van der Waals surface area contributed by atoms with E-state index in [1.807, 2.05) is 4.90 Å². The number of rotatable bonds is 3. The molecule has 0 bridgehead atoms. The summed E-state index contributed by atoms with van der Waals surface area (Å²) in [5.74, 6) is 0.271. The van der Waals surface area contributed by atoms with Gasteiger partial charge in [-0.05, 0) is 19.4 Å². The van der Waals surface area contributed by atoms with Gasteiger partial charge >= 0.3 is 0 Å². The van der Waals surface area contributed by atoms with Gasteiger partial charge in [0.05, 0.1) is 12.6 Å². The van der Waals surface area contributed by atoms with Gasteiger partial charge in [-0.25, -0.2) is 0 Å². The number of nitrogens with one attached hydrogen (secondary N) is 2. The van der Waals surface area contributed by atoms with Crippen molar-refractivity contribution in [1.29, 1.82) is 0 Å². The third kappa shape index (κ3) is 3.91. The number of likely N-dealkylation sites (N-methyl/N-ethyl adjacent to an activating group) is 1. The summed E-state index contributed by atoms with van der Waals surface area (Å²) in [7, 11) is 1.65. The quantitative estimate of drug-likeness (QED) is 0.690. The minimum atomic E-state index is 0.0132. The molecule has 0 unspecified atom stereocenters. The van der Waals surface area contributed by atoms with Gasteiger partial charge in [-0.1, -0.05) is 6.42 Å². The molecule has 108 valence electrons. The molecule has 0 aliphatic carbocycles. The maximum absolute atomic E-state index is 12.3. The van der Waals surface area contributed by atoms with Crippen LogP contribution < -0.4 is 10.6 Å². The first-order valence-corrected chi connectivity index (χ1v) is 7.16. The predicted molar refractivity (Wildman–Crippen MR) is 72.7 cm³/mol. The van der Waals surface area contributed by atoms with Crippen molar-refractivity contribution in [3.05, 3.63) is 0 Å². The molecule has 6 heteroatoms. The van der Waals surface area contributed by atoms with E-state index in [-0.39, 0.29) is 17.9 Å². The number of piperazine rings is 1. The molecule has 2 rings (SSSR count). The van der Waals surface area contributed by atoms with Crippen LogP contribution in [0.2, 0.25) is 0 Å². The van der Waals surface area contributed by atoms with E-state index in [0.29, 0.717) is 6.54 Å². The summed E-state index contributed by atoms with van der Waals surface area (Å²) in [6.45, 7) is 4.41. The molecule has 19 heavy (non-hydrogen) atoms. The fourth-order valence-corrected chi connectivity index (χ4v) is 2.69. The van der Waals surface area contributed by atoms with Crippen molar-refractivity contribution in [2.24, 2.45) is 0 Å². The number of amides is 2. The Labute approximate surface area is 114 Å². The molecule has 2 aliphatic heterocycles. The lowest BCUT2D eigenvalue weighted by molar-refractivity contribution is -0.136. The molecule has 2 N–H and O–H groups in total. The van der Waals surface area contributed by atoms with Crippen LogP contribution in [0.3, 0.4) is 0 Å². The Balaban J connectivity index is 1.76. The highest BCUT2D eigenvalue weighted by molar-refractivity contribution is 5.82. The molecule has 0 aromatic carbocycles. The summed E-state index contributed by atoms with van der Waals surface area (Å²) in [5.41, 5.74) is 0. The minimum Gasteiger partial charge on any atom is -0.358 e. The molecule has 0 saturated carbocycles. The maximum atomic E-state index is 12.3. The van der Waals surface area contributed by atoms with Crippen LogP contribution in [0.4, 0.5) is 0 Å². The Bertz CT molecular complexity index is 321. The van der Waals surface area contributed by atoms with Crippen molar-refractivity contribution < 1.29 is 9.59 Å². The van der Waals surface area contributed by atoms with Gasteiger partial charge in [-0.3, -0.25) is 14.5 Å². The van der Waals surface area contributed by atoms with E-state index in [9.17, 15) is 9.59 Å². The minimum absolute atomic E-state index is 0.0132. The second kappa shape index (κ2) is 6.86. The monoisotopic (exact) mass is 268 g/mol. The highest BCUT2D eigenvalue weighted by Gasteiger charge is 2.28. The number of hydrogen-bond acceptors (Lipinski definition) is 4. The zero-order valence-corrected chi connectivity index (χ0v) is 11.7. The third-order valence-corrected chi connectivity index (χ3v) is 3.94. The predicted octanol–water partition coefficient (Wildman–Crippen LogP) is -0.981. The van der Waals surface area contributed by atoms with Crippen LogP contribution in [0, 0.1) is 0 Å². The van der Waals surface area contributed by atoms with Crippen molar-refractivity contribution >= 4 is 11.8 Å². The molecule has 2 fully saturated rings. The first-order valence-electron chi connectivity index (χ1n) is 7.16. The van der Waals surface area contributed by atoms with Crippen LogP contribution in [0.5, 0.6) is 0 Å². The van der Waals surface area contributed by atoms with Gasteiger partial charge in [-0.15, -0.1) is 0 Å². The van der Waals surface area contributed by atoms with Crippen LogP contribution in [-0.4, -0.2) is 74.0 Å². The van der Waals surface area contributed by atoms with Gasteiger partial charge in [0.1, 0.15) is 0 Å². The number of nitrogens with zero attached hydrogens (tertiary/aromatic N) is 2. The Kier molecular flexibility index (Phi) is 5.15. The fraction of sp³-hybridized carbons (Fsp3) is 0.846. The average molecular weight is 268 g/mol. The summed E-state index contributed by atoms with van der Waals surface area (Å²) >= 11 is 0. The maximum Gasteiger partial charge on any atom is 0.239 e. The zero-order chi connectivity index (χ0) is 13.7. The van der Waals surface area contributed by atoms with Gasteiger partial charge in [0.25, 0.3) is 0 Å². The summed E-state index contributed by atoms with van der Waals surface area (Å²) in [5, 5.41) is 5.93. The van der Waals surface area contributed by atoms with Crippen LogP contribution in [-0.2, 0) is 9.59 Å². The average Bonchev–Trinajstić information content (AvgIpc) is 2.48. The van der Waals surface area contributed by atoms with E-state index in [2.05, 4.69) is 15.5 Å². The van der Waals surface area contributed by atoms with Crippen molar-refractivity contribution in [2.75, 3.05) is 46.3 Å². The van der Waals surface area contributed by atoms with Gasteiger partial charge < -0.3 is 15.5 Å². The smallest absolute Gasteiger partial charge is 0.239 e. The van der Waals surface area contributed by atoms with Crippen molar-refractivity contribution in [3.63, 3.8) is 0 Å². The zero-order valence-electron chi connectivity index (χ0n) is 11.7. The van der Waals surface area contributed by atoms with Gasteiger partial charge in [0.2, 0.25) is 11.8 Å². The Morgan fingerprint density at radius 3 is 2.53 bits per heavy atom. The Hall–Kier alpha value is -1.14. The SMILES string of the molecule is CNC(=O)CN1CCN(C(=O)[C@H]2CCCCN2)CC1. The number of piperidine rings is 1. The molecule has 1 atom stereocenters. The van der Waals surface area contributed by atoms with Gasteiger partial charge in [0.15, 0.2) is 0 Å². The molecule has 0 spiro atoms. The molecule has 6 nitrogen and oxygen atoms in total. The van der Waals surface area contributed by atoms with E-state index in [0.717, 1.165) is 45.6 Å². The number of carbonyl (C=O) groups is 2. The first kappa shape index (κ1) is 14.3. The highest BCUT2D eigenvalue weighted by Crippen LogP contribution is 2.11. The van der Waals surface area contributed by atoms with E-state index in [1.165, 1.54) is 6.42 Å². The summed E-state index contributed by atoms with van der Waals surface area (Å²) in [6, 6.07) is 0.0132. The second-order valence-corrected chi connectivity index (χ2v) is 5.28. The molecule has 0 radical (unpaired) electrons. The highest BCUT2D eigenvalue weighted by atomic mass is 16.2. The van der Waals surface area contributed by atoms with Crippen molar-refractivity contribution in [1.82, 2.24) is 20.4 Å². The normalized spacial score (nSPS) is 25.1. The topological polar surface area (TPSA) is 64.7 Å². The van der Waals surface area contributed by atoms with E-state index < -0.39 is 0 Å². The standard InChI is InChI=1S/C13H24N4O2/c1-14-12(18)10-16-6-8-17(9-7-16)13(19)11-4-2-3-5-15-11/h11,15H,2-10H2,1H3,(H,14,18)/t11-/m1/s1. The van der Waals surface area contributed by atoms with Gasteiger partial charge in [-0.2, -0.15) is 0 Å². The van der Waals surface area contributed by atoms with E-state index >= 15 is 0 Å². The van der Waals surface area contributed by atoms with Crippen LogP contribution in [0.1, 0.15) is 19.3 Å². The molecular weight excluding hydrogens is 244 g/mol. The second-order valence-electron chi connectivity index (χ2n) is 5.28. The molecule has 2 saturated heterocycles. The lowest BCUT2D eigenvalue weighted by Gasteiger charge is -2.37. The lowest BCUT2D eigenvalue weighted by atomic mass is 10.0. The summed E-state index contributed by atoms with van der Waals surface area (Å²) in [6.07, 6.45) is 3.26. The molecule has 2 amide bonds. The Morgan fingerprint density at radius 2 is 1.95 bits per heavy atom. The van der Waals surface area contributed by atoms with Crippen LogP contribution >= 0.6 is 0 Å². The number of hydrogen-bond donors (Lipinski definition) is 2.